The number of aliphatic carboxylic acids is 1. The smallest absolute Gasteiger partial charge is 0.344 e. The molecule has 3 aromatic carbocycles. The quantitative estimate of drug-likeness (QED) is 0.231. The first-order chi connectivity index (χ1) is 18.7. The molecule has 0 saturated carbocycles. The molecule has 1 heterocycles. The van der Waals surface area contributed by atoms with Crippen LogP contribution in [0, 0.1) is 0 Å². The zero-order valence-corrected chi connectivity index (χ0v) is 23.0. The SMILES string of the molecule is CCC(Oc1cccc(/C=C2/SC(=S)N(NC(=O)c3ccc(OCc4ccc(Cl)cc4)cc3)C2=O)c1)C(=O)O. The van der Waals surface area contributed by atoms with Crippen LogP contribution in [0.1, 0.15) is 34.8 Å². The summed E-state index contributed by atoms with van der Waals surface area (Å²) in [5.74, 6) is -1.10. The molecular formula is C28H23ClN2O6S2. The Balaban J connectivity index is 1.37. The van der Waals surface area contributed by atoms with E-state index >= 15 is 0 Å². The summed E-state index contributed by atoms with van der Waals surface area (Å²) in [6, 6.07) is 20.5. The average molecular weight is 583 g/mol. The number of rotatable bonds is 10. The zero-order valence-electron chi connectivity index (χ0n) is 20.6. The highest BCUT2D eigenvalue weighted by Gasteiger charge is 2.33. The zero-order chi connectivity index (χ0) is 27.9. The number of hydrazine groups is 1. The molecular weight excluding hydrogens is 560 g/mol. The number of ether oxygens (including phenoxy) is 2. The summed E-state index contributed by atoms with van der Waals surface area (Å²) in [6.45, 7) is 2.06. The van der Waals surface area contributed by atoms with Crippen molar-refractivity contribution in [3.8, 4) is 11.5 Å². The number of carbonyl (C=O) groups is 3. The molecule has 1 atom stereocenters. The second kappa shape index (κ2) is 12.8. The van der Waals surface area contributed by atoms with Crippen LogP contribution in [0.4, 0.5) is 0 Å². The van der Waals surface area contributed by atoms with Crippen molar-refractivity contribution in [2.75, 3.05) is 0 Å². The maximum Gasteiger partial charge on any atom is 0.344 e. The third-order valence-electron chi connectivity index (χ3n) is 5.52. The van der Waals surface area contributed by atoms with Crippen LogP contribution in [0.2, 0.25) is 5.02 Å². The van der Waals surface area contributed by atoms with E-state index in [1.54, 1.807) is 73.7 Å². The number of hydrogen-bond acceptors (Lipinski definition) is 7. The maximum absolute atomic E-state index is 13.0. The van der Waals surface area contributed by atoms with E-state index in [-0.39, 0.29) is 4.32 Å². The van der Waals surface area contributed by atoms with Crippen LogP contribution in [0.25, 0.3) is 6.08 Å². The van der Waals surface area contributed by atoms with Gasteiger partial charge < -0.3 is 14.6 Å². The van der Waals surface area contributed by atoms with E-state index in [4.69, 9.17) is 33.3 Å². The number of nitrogens with one attached hydrogen (secondary N) is 1. The van der Waals surface area contributed by atoms with E-state index in [1.165, 1.54) is 0 Å². The Hall–Kier alpha value is -3.86. The number of halogens is 1. The number of carboxylic acids is 1. The summed E-state index contributed by atoms with van der Waals surface area (Å²) in [5.41, 5.74) is 4.44. The fraction of sp³-hybridized carbons (Fsp3) is 0.143. The van der Waals surface area contributed by atoms with Crippen LogP contribution in [0.5, 0.6) is 11.5 Å². The topological polar surface area (TPSA) is 105 Å². The molecule has 1 saturated heterocycles. The van der Waals surface area contributed by atoms with E-state index in [0.29, 0.717) is 45.6 Å². The number of benzene rings is 3. The molecule has 0 aromatic heterocycles. The monoisotopic (exact) mass is 582 g/mol. The standard InChI is InChI=1S/C28H23ClN2O6S2/c1-2-23(27(34)35)37-22-5-3-4-18(14-22)15-24-26(33)31(28(38)39-24)30-25(32)19-8-12-21(13-9-19)36-16-17-6-10-20(29)11-7-17/h3-15,23H,2,16H2,1H3,(H,30,32)(H,34,35)/b24-15+. The fourth-order valence-corrected chi connectivity index (χ4v) is 4.79. The maximum atomic E-state index is 13.0. The Morgan fingerprint density at radius 2 is 1.82 bits per heavy atom. The van der Waals surface area contributed by atoms with Gasteiger partial charge in [0.05, 0.1) is 4.91 Å². The first kappa shape index (κ1) is 28.2. The Bertz CT molecular complexity index is 1430. The predicted octanol–water partition coefficient (Wildman–Crippen LogP) is 5.71. The van der Waals surface area contributed by atoms with Gasteiger partial charge in [-0.15, -0.1) is 0 Å². The summed E-state index contributed by atoms with van der Waals surface area (Å²) in [7, 11) is 0. The van der Waals surface area contributed by atoms with Gasteiger partial charge in [0.2, 0.25) is 0 Å². The van der Waals surface area contributed by atoms with E-state index in [2.05, 4.69) is 5.43 Å². The number of hydrogen-bond donors (Lipinski definition) is 2. The van der Waals surface area contributed by atoms with Crippen molar-refractivity contribution in [2.45, 2.75) is 26.1 Å². The van der Waals surface area contributed by atoms with Crippen molar-refractivity contribution in [1.82, 2.24) is 10.4 Å². The molecule has 39 heavy (non-hydrogen) atoms. The highest BCUT2D eigenvalue weighted by Crippen LogP contribution is 2.32. The summed E-state index contributed by atoms with van der Waals surface area (Å²) >= 11 is 12.2. The average Bonchev–Trinajstić information content (AvgIpc) is 3.18. The van der Waals surface area contributed by atoms with Crippen molar-refractivity contribution >= 4 is 63.8 Å². The van der Waals surface area contributed by atoms with Gasteiger partial charge in [0.15, 0.2) is 10.4 Å². The van der Waals surface area contributed by atoms with E-state index < -0.39 is 23.9 Å². The molecule has 200 valence electrons. The Morgan fingerprint density at radius 3 is 2.49 bits per heavy atom. The van der Waals surface area contributed by atoms with Crippen molar-refractivity contribution in [3.63, 3.8) is 0 Å². The lowest BCUT2D eigenvalue weighted by atomic mass is 10.2. The number of carboxylic acid groups (broad SMARTS) is 1. The van der Waals surface area contributed by atoms with Gasteiger partial charge in [0, 0.05) is 10.6 Å². The van der Waals surface area contributed by atoms with E-state index in [1.807, 2.05) is 12.1 Å². The summed E-state index contributed by atoms with van der Waals surface area (Å²) < 4.78 is 11.4. The molecule has 1 fully saturated rings. The summed E-state index contributed by atoms with van der Waals surface area (Å²) in [5, 5.41) is 10.9. The predicted molar refractivity (Wildman–Crippen MR) is 153 cm³/mol. The molecule has 1 unspecified atom stereocenters. The van der Waals surface area contributed by atoms with E-state index in [0.717, 1.165) is 22.3 Å². The second-order valence-electron chi connectivity index (χ2n) is 8.32. The molecule has 2 amide bonds. The number of carbonyl (C=O) groups excluding carboxylic acids is 2. The summed E-state index contributed by atoms with van der Waals surface area (Å²) in [4.78, 5) is 37.3. The molecule has 1 aliphatic rings. The first-order valence-electron chi connectivity index (χ1n) is 11.8. The lowest BCUT2D eigenvalue weighted by Gasteiger charge is -2.16. The third kappa shape index (κ3) is 7.38. The van der Waals surface area contributed by atoms with Crippen LogP contribution >= 0.6 is 35.6 Å². The summed E-state index contributed by atoms with van der Waals surface area (Å²) in [6.07, 6.45) is 0.932. The lowest BCUT2D eigenvalue weighted by Crippen LogP contribution is -2.44. The van der Waals surface area contributed by atoms with Crippen LogP contribution < -0.4 is 14.9 Å². The van der Waals surface area contributed by atoms with Crippen molar-refractivity contribution in [3.05, 3.63) is 99.4 Å². The van der Waals surface area contributed by atoms with Gasteiger partial charge in [-0.1, -0.05) is 54.6 Å². The molecule has 11 heteroatoms. The normalized spacial score (nSPS) is 14.8. The lowest BCUT2D eigenvalue weighted by molar-refractivity contribution is -0.145. The highest BCUT2D eigenvalue weighted by atomic mass is 35.5. The minimum absolute atomic E-state index is 0.173. The van der Waals surface area contributed by atoms with Gasteiger partial charge in [-0.2, -0.15) is 5.01 Å². The van der Waals surface area contributed by atoms with Gasteiger partial charge in [-0.3, -0.25) is 15.0 Å². The molecule has 2 N–H and O–H groups in total. The van der Waals surface area contributed by atoms with Crippen LogP contribution in [0.15, 0.2) is 77.7 Å². The molecule has 0 radical (unpaired) electrons. The number of amides is 2. The van der Waals surface area contributed by atoms with Gasteiger partial charge in [0.1, 0.15) is 18.1 Å². The number of thioether (sulfide) groups is 1. The number of thiocarbonyl (C=S) groups is 1. The van der Waals surface area contributed by atoms with Gasteiger partial charge in [-0.05, 0) is 84.4 Å². The molecule has 0 aliphatic carbocycles. The molecule has 4 rings (SSSR count). The molecule has 3 aromatic rings. The fourth-order valence-electron chi connectivity index (χ4n) is 3.48. The van der Waals surface area contributed by atoms with E-state index in [9.17, 15) is 19.5 Å². The number of nitrogens with zero attached hydrogens (tertiary/aromatic N) is 1. The van der Waals surface area contributed by atoms with Crippen LogP contribution in [-0.4, -0.2) is 38.3 Å². The Kier molecular flexibility index (Phi) is 9.23. The Labute approximate surface area is 239 Å². The molecule has 0 bridgehead atoms. The van der Waals surface area contributed by atoms with Crippen molar-refractivity contribution in [1.29, 1.82) is 0 Å². The minimum Gasteiger partial charge on any atom is -0.489 e. The van der Waals surface area contributed by atoms with Crippen molar-refractivity contribution in [2.24, 2.45) is 0 Å². The Morgan fingerprint density at radius 1 is 1.10 bits per heavy atom. The second-order valence-corrected chi connectivity index (χ2v) is 10.4. The molecule has 0 spiro atoms. The van der Waals surface area contributed by atoms with Crippen LogP contribution in [0.3, 0.4) is 0 Å². The van der Waals surface area contributed by atoms with Gasteiger partial charge >= 0.3 is 5.97 Å². The van der Waals surface area contributed by atoms with Crippen LogP contribution in [-0.2, 0) is 16.2 Å². The minimum atomic E-state index is -1.06. The van der Waals surface area contributed by atoms with Gasteiger partial charge in [0.25, 0.3) is 11.8 Å². The highest BCUT2D eigenvalue weighted by molar-refractivity contribution is 8.26. The largest absolute Gasteiger partial charge is 0.489 e. The third-order valence-corrected chi connectivity index (χ3v) is 7.08. The molecule has 8 nitrogen and oxygen atoms in total. The van der Waals surface area contributed by atoms with Gasteiger partial charge in [-0.25, -0.2) is 4.79 Å². The first-order valence-corrected chi connectivity index (χ1v) is 13.4. The van der Waals surface area contributed by atoms with Crippen molar-refractivity contribution < 1.29 is 29.0 Å². The molecule has 1 aliphatic heterocycles.